The van der Waals surface area contributed by atoms with Crippen molar-refractivity contribution in [2.45, 2.75) is 33.2 Å². The van der Waals surface area contributed by atoms with Gasteiger partial charge in [-0.25, -0.2) is 4.39 Å². The molecule has 0 fully saturated rings. The third-order valence-corrected chi connectivity index (χ3v) is 4.07. The predicted octanol–water partition coefficient (Wildman–Crippen LogP) is 1.70. The maximum atomic E-state index is 12.9. The van der Waals surface area contributed by atoms with E-state index >= 15 is 0 Å². The number of fused-ring (bicyclic) bond motifs is 1. The van der Waals surface area contributed by atoms with Crippen LogP contribution in [0, 0.1) is 12.7 Å². The minimum Gasteiger partial charge on any atom is -0.485 e. The molecule has 3 heterocycles. The highest BCUT2D eigenvalue weighted by molar-refractivity contribution is 5.22. The molecule has 8 nitrogen and oxygen atoms in total. The number of aromatic nitrogens is 5. The fourth-order valence-electron chi connectivity index (χ4n) is 2.77. The van der Waals surface area contributed by atoms with E-state index in [2.05, 4.69) is 29.8 Å². The third kappa shape index (κ3) is 3.50. The Kier molecular flexibility index (Phi) is 4.14. The maximum absolute atomic E-state index is 12.9. The summed E-state index contributed by atoms with van der Waals surface area (Å²) in [5.74, 6) is 3.12. The van der Waals surface area contributed by atoms with E-state index in [0.29, 0.717) is 30.6 Å². The number of hydrogen-bond acceptors (Lipinski definition) is 7. The van der Waals surface area contributed by atoms with E-state index in [1.807, 2.05) is 6.92 Å². The molecule has 0 saturated heterocycles. The summed E-state index contributed by atoms with van der Waals surface area (Å²) < 4.78 is 25.8. The summed E-state index contributed by atoms with van der Waals surface area (Å²) in [4.78, 5) is 6.52. The summed E-state index contributed by atoms with van der Waals surface area (Å²) in [6.45, 7) is 5.10. The van der Waals surface area contributed by atoms with Crippen molar-refractivity contribution in [1.29, 1.82) is 0 Å². The zero-order valence-electron chi connectivity index (χ0n) is 13.7. The topological polar surface area (TPSA) is 82.1 Å². The van der Waals surface area contributed by atoms with Crippen molar-refractivity contribution in [3.8, 4) is 5.75 Å². The Balaban J connectivity index is 1.33. The monoisotopic (exact) mass is 344 g/mol. The van der Waals surface area contributed by atoms with Crippen LogP contribution in [0.25, 0.3) is 0 Å². The van der Waals surface area contributed by atoms with Crippen LogP contribution in [0.1, 0.15) is 23.4 Å². The molecule has 1 aliphatic heterocycles. The van der Waals surface area contributed by atoms with E-state index in [9.17, 15) is 4.39 Å². The van der Waals surface area contributed by atoms with E-state index < -0.39 is 0 Å². The van der Waals surface area contributed by atoms with Gasteiger partial charge in [-0.1, -0.05) is 5.16 Å². The van der Waals surface area contributed by atoms with E-state index in [0.717, 1.165) is 24.7 Å². The van der Waals surface area contributed by atoms with Gasteiger partial charge in [0.1, 0.15) is 23.2 Å². The predicted molar refractivity (Wildman–Crippen MR) is 83.9 cm³/mol. The van der Waals surface area contributed by atoms with Crippen LogP contribution >= 0.6 is 0 Å². The molecule has 1 aromatic carbocycles. The highest BCUT2D eigenvalue weighted by Gasteiger charge is 2.21. The second kappa shape index (κ2) is 6.60. The normalized spacial score (nSPS) is 14.5. The minimum absolute atomic E-state index is 0.169. The maximum Gasteiger partial charge on any atom is 0.240 e. The van der Waals surface area contributed by atoms with Crippen LogP contribution in [0.3, 0.4) is 0 Å². The molecule has 0 N–H and O–H groups in total. The van der Waals surface area contributed by atoms with Gasteiger partial charge in [0.25, 0.3) is 0 Å². The van der Waals surface area contributed by atoms with Crippen molar-refractivity contribution in [1.82, 2.24) is 29.8 Å². The lowest BCUT2D eigenvalue weighted by atomic mass is 10.3. The van der Waals surface area contributed by atoms with Crippen molar-refractivity contribution in [3.63, 3.8) is 0 Å². The number of ether oxygens (including phenoxy) is 1. The number of benzene rings is 1. The third-order valence-electron chi connectivity index (χ3n) is 4.07. The van der Waals surface area contributed by atoms with Gasteiger partial charge < -0.3 is 13.8 Å². The zero-order valence-corrected chi connectivity index (χ0v) is 13.7. The van der Waals surface area contributed by atoms with Crippen LogP contribution in [-0.2, 0) is 26.2 Å². The van der Waals surface area contributed by atoms with Crippen LogP contribution in [0.5, 0.6) is 5.75 Å². The Hall–Kier alpha value is -2.81. The Labute approximate surface area is 143 Å². The van der Waals surface area contributed by atoms with Gasteiger partial charge in [-0.15, -0.1) is 10.2 Å². The first-order valence-electron chi connectivity index (χ1n) is 7.98. The summed E-state index contributed by atoms with van der Waals surface area (Å²) >= 11 is 0. The van der Waals surface area contributed by atoms with Crippen LogP contribution in [0.15, 0.2) is 28.8 Å². The summed E-state index contributed by atoms with van der Waals surface area (Å²) in [7, 11) is 0. The van der Waals surface area contributed by atoms with Gasteiger partial charge in [-0.05, 0) is 31.2 Å². The number of rotatable bonds is 5. The quantitative estimate of drug-likeness (QED) is 0.697. The molecule has 0 aliphatic carbocycles. The van der Waals surface area contributed by atoms with Gasteiger partial charge in [0.05, 0.1) is 13.1 Å². The van der Waals surface area contributed by atoms with Gasteiger partial charge in [-0.3, -0.25) is 4.90 Å². The lowest BCUT2D eigenvalue weighted by Gasteiger charge is -2.25. The first-order chi connectivity index (χ1) is 12.2. The zero-order chi connectivity index (χ0) is 17.2. The van der Waals surface area contributed by atoms with Gasteiger partial charge >= 0.3 is 0 Å². The largest absolute Gasteiger partial charge is 0.485 e. The van der Waals surface area contributed by atoms with Crippen LogP contribution in [0.4, 0.5) is 4.39 Å². The Bertz CT molecular complexity index is 860. The molecule has 3 aromatic rings. The SMILES string of the molecule is Cc1nnc2n1CCN(Cc1nc(COc3ccc(F)cc3)no1)C2. The number of hydrogen-bond donors (Lipinski definition) is 0. The summed E-state index contributed by atoms with van der Waals surface area (Å²) in [6.07, 6.45) is 0. The summed E-state index contributed by atoms with van der Waals surface area (Å²) in [5, 5.41) is 12.2. The molecule has 0 saturated carbocycles. The summed E-state index contributed by atoms with van der Waals surface area (Å²) in [6, 6.07) is 5.80. The average molecular weight is 344 g/mol. The molecule has 1 aliphatic rings. The van der Waals surface area contributed by atoms with Crippen LogP contribution in [0.2, 0.25) is 0 Å². The molecule has 4 rings (SSSR count). The highest BCUT2D eigenvalue weighted by atomic mass is 19.1. The molecule has 2 aromatic heterocycles. The Morgan fingerprint density at radius 2 is 2.04 bits per heavy atom. The van der Waals surface area contributed by atoms with Crippen molar-refractivity contribution in [3.05, 3.63) is 53.4 Å². The Morgan fingerprint density at radius 3 is 2.88 bits per heavy atom. The van der Waals surface area contributed by atoms with Crippen molar-refractivity contribution in [2.75, 3.05) is 6.54 Å². The van der Waals surface area contributed by atoms with Crippen molar-refractivity contribution < 1.29 is 13.7 Å². The van der Waals surface area contributed by atoms with Crippen LogP contribution in [-0.4, -0.2) is 36.3 Å². The molecule has 0 unspecified atom stereocenters. The lowest BCUT2D eigenvalue weighted by molar-refractivity contribution is 0.182. The first kappa shape index (κ1) is 15.7. The molecule has 0 amide bonds. The van der Waals surface area contributed by atoms with Crippen LogP contribution < -0.4 is 4.74 Å². The summed E-state index contributed by atoms with van der Waals surface area (Å²) in [5.41, 5.74) is 0. The molecular weight excluding hydrogens is 327 g/mol. The fourth-order valence-corrected chi connectivity index (χ4v) is 2.77. The van der Waals surface area contributed by atoms with Gasteiger partial charge in [-0.2, -0.15) is 4.98 Å². The minimum atomic E-state index is -0.304. The Morgan fingerprint density at radius 1 is 1.20 bits per heavy atom. The lowest BCUT2D eigenvalue weighted by Crippen LogP contribution is -2.33. The molecule has 0 radical (unpaired) electrons. The molecule has 0 atom stereocenters. The van der Waals surface area contributed by atoms with E-state index in [1.54, 1.807) is 12.1 Å². The second-order valence-corrected chi connectivity index (χ2v) is 5.87. The van der Waals surface area contributed by atoms with Crippen molar-refractivity contribution in [2.24, 2.45) is 0 Å². The standard InChI is InChI=1S/C16H17FN6O2/c1-11-19-20-15-8-22(6-7-23(11)15)9-16-18-14(21-25-16)10-24-13-4-2-12(17)3-5-13/h2-5H,6-10H2,1H3. The molecule has 0 bridgehead atoms. The van der Waals surface area contributed by atoms with Gasteiger partial charge in [0.15, 0.2) is 6.61 Å². The van der Waals surface area contributed by atoms with Gasteiger partial charge in [0.2, 0.25) is 11.7 Å². The van der Waals surface area contributed by atoms with E-state index in [-0.39, 0.29) is 12.4 Å². The first-order valence-corrected chi connectivity index (χ1v) is 7.98. The van der Waals surface area contributed by atoms with Gasteiger partial charge in [0, 0.05) is 13.1 Å². The van der Waals surface area contributed by atoms with E-state index in [4.69, 9.17) is 9.26 Å². The molecular formula is C16H17FN6O2. The molecule has 25 heavy (non-hydrogen) atoms. The smallest absolute Gasteiger partial charge is 0.240 e. The number of halogens is 1. The highest BCUT2D eigenvalue weighted by Crippen LogP contribution is 2.15. The van der Waals surface area contributed by atoms with Crippen molar-refractivity contribution >= 4 is 0 Å². The number of aryl methyl sites for hydroxylation is 1. The average Bonchev–Trinajstić information content (AvgIpc) is 3.21. The van der Waals surface area contributed by atoms with E-state index in [1.165, 1.54) is 12.1 Å². The molecule has 9 heteroatoms. The fraction of sp³-hybridized carbons (Fsp3) is 0.375. The molecule has 0 spiro atoms. The second-order valence-electron chi connectivity index (χ2n) is 5.87. The molecule has 130 valence electrons. The number of nitrogens with zero attached hydrogens (tertiary/aromatic N) is 6.